The van der Waals surface area contributed by atoms with Gasteiger partial charge in [-0.15, -0.1) is 6.58 Å². The number of rotatable bonds is 19. The average molecular weight is 706 g/mol. The van der Waals surface area contributed by atoms with Crippen molar-refractivity contribution in [1.29, 1.82) is 0 Å². The lowest BCUT2D eigenvalue weighted by atomic mass is 10.2. The van der Waals surface area contributed by atoms with Gasteiger partial charge in [0, 0.05) is 12.7 Å². The molecule has 1 unspecified atom stereocenters. The lowest BCUT2D eigenvalue weighted by Gasteiger charge is -2.17. The number of ether oxygens (including phenoxy) is 8. The van der Waals surface area contributed by atoms with Crippen LogP contribution in [0, 0.1) is 6.92 Å². The van der Waals surface area contributed by atoms with E-state index in [1.54, 1.807) is 6.92 Å². The summed E-state index contributed by atoms with van der Waals surface area (Å²) in [5.74, 6) is -1.14. The van der Waals surface area contributed by atoms with E-state index in [9.17, 15) is 29.1 Å². The Hall–Kier alpha value is -5.99. The molecular formula is C37H37O14-. The summed E-state index contributed by atoms with van der Waals surface area (Å²) in [6.07, 6.45) is 1.02. The molecule has 14 nitrogen and oxygen atoms in total. The maximum absolute atomic E-state index is 12.7. The maximum atomic E-state index is 12.7. The van der Waals surface area contributed by atoms with E-state index in [4.69, 9.17) is 37.9 Å². The quantitative estimate of drug-likeness (QED) is 0.0218. The summed E-state index contributed by atoms with van der Waals surface area (Å²) < 4.78 is 40.8. The average Bonchev–Trinajstić information content (AvgIpc) is 3.12. The first-order chi connectivity index (χ1) is 24.6. The first kappa shape index (κ1) is 39.4. The molecule has 0 spiro atoms. The molecule has 0 bridgehead atoms. The summed E-state index contributed by atoms with van der Waals surface area (Å²) in [4.78, 5) is 60.2. The first-order valence-electron chi connectivity index (χ1n) is 15.7. The molecule has 0 amide bonds. The number of esters is 3. The highest BCUT2D eigenvalue weighted by Gasteiger charge is 2.15. The predicted octanol–water partition coefficient (Wildman–Crippen LogP) is 5.64. The van der Waals surface area contributed by atoms with Gasteiger partial charge < -0.3 is 43.0 Å². The van der Waals surface area contributed by atoms with E-state index in [0.29, 0.717) is 31.2 Å². The Morgan fingerprint density at radius 2 is 1.10 bits per heavy atom. The van der Waals surface area contributed by atoms with E-state index in [2.05, 4.69) is 13.2 Å². The Morgan fingerprint density at radius 1 is 0.627 bits per heavy atom. The third-order valence-corrected chi connectivity index (χ3v) is 6.54. The van der Waals surface area contributed by atoms with Crippen LogP contribution in [0.2, 0.25) is 0 Å². The SMILES string of the molecule is C=CC(=O)OCCCCOC(=O)Oc1ccc(C(=O)Oc2ccc(OC(=O)c3ccc(OC(=O)OCCCCOC([O-])C=C)cc3)cc2C)cc1. The monoisotopic (exact) mass is 705 g/mol. The molecule has 3 aromatic rings. The van der Waals surface area contributed by atoms with Crippen LogP contribution in [0.5, 0.6) is 23.0 Å². The molecule has 0 N–H and O–H groups in total. The number of benzene rings is 3. The maximum Gasteiger partial charge on any atom is 0.513 e. The highest BCUT2D eigenvalue weighted by Crippen LogP contribution is 2.26. The fourth-order valence-electron chi connectivity index (χ4n) is 3.91. The van der Waals surface area contributed by atoms with Gasteiger partial charge in [-0.3, -0.25) is 0 Å². The second kappa shape index (κ2) is 21.2. The highest BCUT2D eigenvalue weighted by molar-refractivity contribution is 5.92. The third-order valence-electron chi connectivity index (χ3n) is 6.54. The number of carbonyl (C=O) groups is 5. The normalized spacial score (nSPS) is 10.9. The second-order valence-corrected chi connectivity index (χ2v) is 10.4. The van der Waals surface area contributed by atoms with Crippen LogP contribution in [0.15, 0.2) is 92.0 Å². The van der Waals surface area contributed by atoms with E-state index >= 15 is 0 Å². The van der Waals surface area contributed by atoms with Crippen LogP contribution >= 0.6 is 0 Å². The van der Waals surface area contributed by atoms with Gasteiger partial charge in [0.15, 0.2) is 0 Å². The van der Waals surface area contributed by atoms with Crippen LogP contribution in [-0.4, -0.2) is 62.9 Å². The minimum absolute atomic E-state index is 0.0669. The van der Waals surface area contributed by atoms with Crippen molar-refractivity contribution in [3.63, 3.8) is 0 Å². The van der Waals surface area contributed by atoms with Gasteiger partial charge in [-0.25, -0.2) is 24.0 Å². The molecular weight excluding hydrogens is 668 g/mol. The minimum atomic E-state index is -1.28. The first-order valence-corrected chi connectivity index (χ1v) is 15.7. The molecule has 3 rings (SSSR count). The largest absolute Gasteiger partial charge is 0.828 e. The summed E-state index contributed by atoms with van der Waals surface area (Å²) in [6.45, 7) is 8.83. The van der Waals surface area contributed by atoms with E-state index in [1.165, 1.54) is 66.7 Å². The molecule has 3 aromatic carbocycles. The predicted molar refractivity (Wildman–Crippen MR) is 177 cm³/mol. The fourth-order valence-corrected chi connectivity index (χ4v) is 3.91. The third kappa shape index (κ3) is 14.6. The van der Waals surface area contributed by atoms with Crippen molar-refractivity contribution in [3.05, 3.63) is 109 Å². The molecule has 0 aromatic heterocycles. The smallest absolute Gasteiger partial charge is 0.513 e. The molecule has 270 valence electrons. The number of unbranched alkanes of at least 4 members (excludes halogenated alkanes) is 2. The molecule has 1 atom stereocenters. The van der Waals surface area contributed by atoms with E-state index in [-0.39, 0.29) is 60.6 Å². The van der Waals surface area contributed by atoms with Crippen LogP contribution in [0.4, 0.5) is 9.59 Å². The lowest BCUT2D eigenvalue weighted by Crippen LogP contribution is -2.25. The Balaban J connectivity index is 1.40. The van der Waals surface area contributed by atoms with Gasteiger partial charge in [-0.1, -0.05) is 12.7 Å². The Bertz CT molecular complexity index is 1650. The minimum Gasteiger partial charge on any atom is -0.828 e. The molecule has 0 aliphatic carbocycles. The van der Waals surface area contributed by atoms with Crippen molar-refractivity contribution in [2.45, 2.75) is 38.9 Å². The number of hydrogen-bond acceptors (Lipinski definition) is 14. The van der Waals surface area contributed by atoms with Gasteiger partial charge in [0.1, 0.15) is 23.0 Å². The molecule has 0 heterocycles. The molecule has 0 aliphatic rings. The highest BCUT2D eigenvalue weighted by atomic mass is 16.7. The van der Waals surface area contributed by atoms with Crippen molar-refractivity contribution < 1.29 is 67.0 Å². The van der Waals surface area contributed by atoms with Crippen molar-refractivity contribution in [3.8, 4) is 23.0 Å². The van der Waals surface area contributed by atoms with Crippen molar-refractivity contribution in [1.82, 2.24) is 0 Å². The van der Waals surface area contributed by atoms with E-state index in [1.807, 2.05) is 0 Å². The van der Waals surface area contributed by atoms with E-state index in [0.717, 1.165) is 12.2 Å². The molecule has 0 saturated heterocycles. The van der Waals surface area contributed by atoms with Gasteiger partial charge in [0.05, 0.1) is 30.9 Å². The van der Waals surface area contributed by atoms with Crippen molar-refractivity contribution in [2.24, 2.45) is 0 Å². The Morgan fingerprint density at radius 3 is 1.59 bits per heavy atom. The summed E-state index contributed by atoms with van der Waals surface area (Å²) in [7, 11) is 0. The van der Waals surface area contributed by atoms with Crippen molar-refractivity contribution in [2.75, 3.05) is 26.4 Å². The molecule has 0 fully saturated rings. The molecule has 0 saturated carbocycles. The van der Waals surface area contributed by atoms with Crippen LogP contribution in [-0.2, 0) is 23.7 Å². The van der Waals surface area contributed by atoms with Crippen LogP contribution in [0.1, 0.15) is 52.0 Å². The topological polar surface area (TPSA) is 182 Å². The van der Waals surface area contributed by atoms with Crippen LogP contribution in [0.3, 0.4) is 0 Å². The zero-order valence-corrected chi connectivity index (χ0v) is 27.9. The summed E-state index contributed by atoms with van der Waals surface area (Å²) in [6, 6.07) is 15.7. The van der Waals surface area contributed by atoms with Gasteiger partial charge >= 0.3 is 30.2 Å². The number of hydrogen-bond donors (Lipinski definition) is 0. The Labute approximate surface area is 294 Å². The van der Waals surface area contributed by atoms with Gasteiger partial charge in [0.25, 0.3) is 0 Å². The van der Waals surface area contributed by atoms with Gasteiger partial charge in [-0.2, -0.15) is 0 Å². The lowest BCUT2D eigenvalue weighted by molar-refractivity contribution is -0.472. The van der Waals surface area contributed by atoms with Crippen LogP contribution in [0.25, 0.3) is 0 Å². The zero-order chi connectivity index (χ0) is 37.0. The summed E-state index contributed by atoms with van der Waals surface area (Å²) in [5, 5.41) is 11.1. The second-order valence-electron chi connectivity index (χ2n) is 10.4. The molecule has 0 radical (unpaired) electrons. The fraction of sp³-hybridized carbons (Fsp3) is 0.270. The van der Waals surface area contributed by atoms with Crippen molar-refractivity contribution >= 4 is 30.2 Å². The van der Waals surface area contributed by atoms with Crippen LogP contribution < -0.4 is 24.1 Å². The number of carbonyl (C=O) groups excluding carboxylic acids is 5. The van der Waals surface area contributed by atoms with Gasteiger partial charge in [0.2, 0.25) is 0 Å². The Kier molecular flexibility index (Phi) is 16.4. The van der Waals surface area contributed by atoms with Gasteiger partial charge in [-0.05, 0) is 111 Å². The molecule has 14 heteroatoms. The molecule has 51 heavy (non-hydrogen) atoms. The molecule has 0 aliphatic heterocycles. The number of aryl methyl sites for hydroxylation is 1. The summed E-state index contributed by atoms with van der Waals surface area (Å²) in [5.41, 5.74) is 0.880. The summed E-state index contributed by atoms with van der Waals surface area (Å²) >= 11 is 0. The zero-order valence-electron chi connectivity index (χ0n) is 27.9. The van der Waals surface area contributed by atoms with E-state index < -0.39 is 36.5 Å². The standard InChI is InChI=1S/C37H37O14/c1-4-32(38)44-20-6-8-22-46-36(42)49-28-14-10-26(11-15-28)34(40)48-30-18-19-31(25(3)24-30)51-35(41)27-12-16-29(17-13-27)50-37(43)47-23-9-7-21-45-33(39)5-2/h4-5,10-19,24,32H,1-2,6-9,20-23H2,3H3/q-1.